The Morgan fingerprint density at radius 2 is 1.62 bits per heavy atom. The van der Waals surface area contributed by atoms with Crippen LogP contribution in [0.4, 0.5) is 0 Å². The summed E-state index contributed by atoms with van der Waals surface area (Å²) in [6.07, 6.45) is 0.640. The fraction of sp³-hybridized carbons (Fsp3) is 0.800. The van der Waals surface area contributed by atoms with Crippen LogP contribution in [0.2, 0.25) is 0 Å². The average molecular weight is 302 g/mol. The monoisotopic (exact) mass is 302 g/mol. The summed E-state index contributed by atoms with van der Waals surface area (Å²) >= 11 is 0. The molecule has 1 N–H and O–H groups in total. The maximum absolute atomic E-state index is 12.2. The molecule has 0 aromatic carbocycles. The van der Waals surface area contributed by atoms with Crippen LogP contribution in [0.3, 0.4) is 0 Å². The summed E-state index contributed by atoms with van der Waals surface area (Å²) in [5.41, 5.74) is -1.89. The third kappa shape index (κ3) is 5.36. The lowest BCUT2D eigenvalue weighted by molar-refractivity contribution is -0.163. The first-order valence-electron chi connectivity index (χ1n) is 7.12. The molecule has 0 saturated carbocycles. The number of ether oxygens (including phenoxy) is 2. The first-order valence-corrected chi connectivity index (χ1v) is 7.12. The van der Waals surface area contributed by atoms with E-state index in [0.717, 1.165) is 0 Å². The van der Waals surface area contributed by atoms with Gasteiger partial charge >= 0.3 is 17.9 Å². The number of carboxylic acid groups (broad SMARTS) is 1. The molecule has 0 aromatic rings. The van der Waals surface area contributed by atoms with E-state index in [1.807, 2.05) is 6.92 Å². The predicted octanol–water partition coefficient (Wildman–Crippen LogP) is 2.40. The van der Waals surface area contributed by atoms with E-state index in [-0.39, 0.29) is 25.9 Å². The van der Waals surface area contributed by atoms with E-state index < -0.39 is 28.7 Å². The van der Waals surface area contributed by atoms with Crippen molar-refractivity contribution in [2.75, 3.05) is 13.7 Å². The second-order valence-corrected chi connectivity index (χ2v) is 5.76. The molecule has 2 unspecified atom stereocenters. The minimum atomic E-state index is -1.03. The standard InChI is InChI=1S/C15H26O6/c1-6-14(3,12(18)20-5)10-15(4,9-8-11(16)17)13(19)21-7-2/h6-10H2,1-5H3,(H,16,17). The average Bonchev–Trinajstić information content (AvgIpc) is 2.44. The molecule has 0 fully saturated rings. The zero-order valence-electron chi connectivity index (χ0n) is 13.5. The van der Waals surface area contributed by atoms with Crippen molar-refractivity contribution in [3.8, 4) is 0 Å². The van der Waals surface area contributed by atoms with E-state index in [1.165, 1.54) is 7.11 Å². The Balaban J connectivity index is 5.33. The number of carbonyl (C=O) groups excluding carboxylic acids is 2. The van der Waals surface area contributed by atoms with Crippen LogP contribution in [-0.2, 0) is 23.9 Å². The number of esters is 2. The van der Waals surface area contributed by atoms with Gasteiger partial charge < -0.3 is 14.6 Å². The van der Waals surface area contributed by atoms with Gasteiger partial charge in [-0.3, -0.25) is 14.4 Å². The maximum Gasteiger partial charge on any atom is 0.311 e. The van der Waals surface area contributed by atoms with Gasteiger partial charge in [-0.25, -0.2) is 0 Å². The Kier molecular flexibility index (Phi) is 7.39. The maximum atomic E-state index is 12.2. The third-order valence-corrected chi connectivity index (χ3v) is 3.90. The highest BCUT2D eigenvalue weighted by molar-refractivity contribution is 5.81. The van der Waals surface area contributed by atoms with Crippen LogP contribution >= 0.6 is 0 Å². The highest BCUT2D eigenvalue weighted by atomic mass is 16.5. The molecule has 21 heavy (non-hydrogen) atoms. The number of methoxy groups -OCH3 is 1. The van der Waals surface area contributed by atoms with Crippen LogP contribution in [0.15, 0.2) is 0 Å². The first kappa shape index (κ1) is 19.4. The lowest BCUT2D eigenvalue weighted by Crippen LogP contribution is -2.40. The summed E-state index contributed by atoms with van der Waals surface area (Å²) in [5, 5.41) is 8.86. The van der Waals surface area contributed by atoms with Gasteiger partial charge in [0, 0.05) is 6.42 Å². The van der Waals surface area contributed by atoms with Crippen molar-refractivity contribution < 1.29 is 29.0 Å². The summed E-state index contributed by atoms with van der Waals surface area (Å²) in [6.45, 7) is 7.10. The molecular formula is C15H26O6. The summed E-state index contributed by atoms with van der Waals surface area (Å²) in [5.74, 6) is -1.87. The van der Waals surface area contributed by atoms with Gasteiger partial charge in [0.25, 0.3) is 0 Å². The molecule has 0 aliphatic rings. The fourth-order valence-corrected chi connectivity index (χ4v) is 2.40. The SMILES string of the molecule is CCOC(=O)C(C)(CCC(=O)O)CC(C)(CC)C(=O)OC. The smallest absolute Gasteiger partial charge is 0.311 e. The molecule has 0 heterocycles. The Labute approximate surface area is 125 Å². The van der Waals surface area contributed by atoms with E-state index in [1.54, 1.807) is 20.8 Å². The largest absolute Gasteiger partial charge is 0.481 e. The zero-order valence-corrected chi connectivity index (χ0v) is 13.5. The summed E-state index contributed by atoms with van der Waals surface area (Å²) < 4.78 is 9.87. The van der Waals surface area contributed by atoms with Crippen LogP contribution in [0, 0.1) is 10.8 Å². The minimum absolute atomic E-state index is 0.119. The van der Waals surface area contributed by atoms with Gasteiger partial charge in [0.15, 0.2) is 0 Å². The topological polar surface area (TPSA) is 89.9 Å². The van der Waals surface area contributed by atoms with Crippen LogP contribution < -0.4 is 0 Å². The van der Waals surface area contributed by atoms with Gasteiger partial charge in [-0.15, -0.1) is 0 Å². The second kappa shape index (κ2) is 8.00. The second-order valence-electron chi connectivity index (χ2n) is 5.76. The molecule has 6 nitrogen and oxygen atoms in total. The van der Waals surface area contributed by atoms with E-state index in [0.29, 0.717) is 6.42 Å². The van der Waals surface area contributed by atoms with Crippen LogP contribution in [0.1, 0.15) is 53.4 Å². The zero-order chi connectivity index (χ0) is 16.7. The first-order chi connectivity index (χ1) is 9.65. The molecular weight excluding hydrogens is 276 g/mol. The van der Waals surface area contributed by atoms with E-state index >= 15 is 0 Å². The van der Waals surface area contributed by atoms with E-state index in [2.05, 4.69) is 0 Å². The summed E-state index contributed by atoms with van der Waals surface area (Å²) in [6, 6.07) is 0. The van der Waals surface area contributed by atoms with Crippen molar-refractivity contribution >= 4 is 17.9 Å². The van der Waals surface area contributed by atoms with Crippen molar-refractivity contribution in [1.82, 2.24) is 0 Å². The van der Waals surface area contributed by atoms with Crippen molar-refractivity contribution in [3.05, 3.63) is 0 Å². The number of hydrogen-bond acceptors (Lipinski definition) is 5. The number of aliphatic carboxylic acids is 1. The summed E-state index contributed by atoms with van der Waals surface area (Å²) in [7, 11) is 1.30. The molecule has 2 atom stereocenters. The molecule has 0 aromatic heterocycles. The van der Waals surface area contributed by atoms with Gasteiger partial charge in [-0.1, -0.05) is 6.92 Å². The van der Waals surface area contributed by atoms with Crippen LogP contribution in [0.25, 0.3) is 0 Å². The van der Waals surface area contributed by atoms with E-state index in [4.69, 9.17) is 14.6 Å². The van der Waals surface area contributed by atoms with Gasteiger partial charge in [0.1, 0.15) is 0 Å². The van der Waals surface area contributed by atoms with Gasteiger partial charge in [-0.05, 0) is 40.0 Å². The quantitative estimate of drug-likeness (QED) is 0.658. The highest BCUT2D eigenvalue weighted by Gasteiger charge is 2.45. The molecule has 0 amide bonds. The number of carboxylic acids is 1. The molecule has 0 bridgehead atoms. The molecule has 0 rings (SSSR count). The van der Waals surface area contributed by atoms with Crippen LogP contribution in [0.5, 0.6) is 0 Å². The van der Waals surface area contributed by atoms with Gasteiger partial charge in [0.2, 0.25) is 0 Å². The number of rotatable bonds is 9. The molecule has 0 saturated heterocycles. The van der Waals surface area contributed by atoms with Gasteiger partial charge in [0.05, 0.1) is 24.5 Å². The molecule has 122 valence electrons. The molecule has 6 heteroatoms. The molecule has 0 spiro atoms. The third-order valence-electron chi connectivity index (χ3n) is 3.90. The molecule has 0 aliphatic carbocycles. The van der Waals surface area contributed by atoms with Crippen LogP contribution in [-0.4, -0.2) is 36.7 Å². The summed E-state index contributed by atoms with van der Waals surface area (Å²) in [4.78, 5) is 35.0. The van der Waals surface area contributed by atoms with Crippen molar-refractivity contribution in [1.29, 1.82) is 0 Å². The van der Waals surface area contributed by atoms with Crippen molar-refractivity contribution in [3.63, 3.8) is 0 Å². The fourth-order valence-electron chi connectivity index (χ4n) is 2.40. The van der Waals surface area contributed by atoms with E-state index in [9.17, 15) is 14.4 Å². The van der Waals surface area contributed by atoms with Gasteiger partial charge in [-0.2, -0.15) is 0 Å². The molecule has 0 aliphatic heterocycles. The normalized spacial score (nSPS) is 16.4. The predicted molar refractivity (Wildman–Crippen MR) is 76.6 cm³/mol. The Morgan fingerprint density at radius 3 is 2.00 bits per heavy atom. The van der Waals surface area contributed by atoms with Crippen molar-refractivity contribution in [2.24, 2.45) is 10.8 Å². The Bertz CT molecular complexity index is 392. The number of hydrogen-bond donors (Lipinski definition) is 1. The number of carbonyl (C=O) groups is 3. The Hall–Kier alpha value is -1.59. The van der Waals surface area contributed by atoms with Crippen molar-refractivity contribution in [2.45, 2.75) is 53.4 Å². The minimum Gasteiger partial charge on any atom is -0.481 e. The highest BCUT2D eigenvalue weighted by Crippen LogP contribution is 2.41. The molecule has 0 radical (unpaired) electrons. The lowest BCUT2D eigenvalue weighted by atomic mass is 9.69. The lowest BCUT2D eigenvalue weighted by Gasteiger charge is -2.35. The Morgan fingerprint density at radius 1 is 1.05 bits per heavy atom.